The number of halogens is 6. The number of fused-ring (bicyclic) bond motifs is 2. The molecule has 0 saturated carbocycles. The molecule has 5 N–H and O–H groups in total. The highest BCUT2D eigenvalue weighted by Gasteiger charge is 2.37. The highest BCUT2D eigenvalue weighted by molar-refractivity contribution is 5.98. The number of hydrogen-bond acceptors (Lipinski definition) is 3. The van der Waals surface area contributed by atoms with Gasteiger partial charge in [0.1, 0.15) is 17.5 Å². The van der Waals surface area contributed by atoms with Crippen molar-refractivity contribution in [2.45, 2.75) is 12.4 Å². The third kappa shape index (κ3) is 4.18. The molecule has 0 aliphatic rings. The molecule has 2 heterocycles. The normalized spacial score (nSPS) is 12.5. The number of nitrogens with one attached hydrogen (secondary N) is 3. The lowest BCUT2D eigenvalue weighted by Crippen LogP contribution is -2.11. The van der Waals surface area contributed by atoms with Gasteiger partial charge in [-0.3, -0.25) is 5.41 Å². The quantitative estimate of drug-likeness (QED) is 0.140. The topological polar surface area (TPSA) is 107 Å². The average molecular weight is 488 g/mol. The number of amidine groups is 1. The van der Waals surface area contributed by atoms with Gasteiger partial charge in [0.15, 0.2) is 0 Å². The molecule has 0 aliphatic carbocycles. The fourth-order valence-electron chi connectivity index (χ4n) is 3.70. The van der Waals surface area contributed by atoms with E-state index in [0.29, 0.717) is 51.2 Å². The number of nitrogen functional groups attached to an aromatic ring is 1. The number of aromatic nitrogens is 4. The van der Waals surface area contributed by atoms with E-state index in [2.05, 4.69) is 19.9 Å². The molecule has 2 aromatic heterocycles. The third-order valence-corrected chi connectivity index (χ3v) is 5.41. The molecular formula is C23H14F6N6. The fourth-order valence-corrected chi connectivity index (χ4v) is 3.70. The van der Waals surface area contributed by atoms with Gasteiger partial charge in [-0.1, -0.05) is 0 Å². The highest BCUT2D eigenvalue weighted by atomic mass is 19.4. The van der Waals surface area contributed by atoms with Crippen molar-refractivity contribution in [2.24, 2.45) is 5.73 Å². The van der Waals surface area contributed by atoms with Crippen LogP contribution >= 0.6 is 0 Å². The van der Waals surface area contributed by atoms with Crippen LogP contribution in [0.1, 0.15) is 16.7 Å². The molecule has 35 heavy (non-hydrogen) atoms. The van der Waals surface area contributed by atoms with Gasteiger partial charge in [-0.2, -0.15) is 26.3 Å². The Morgan fingerprint density at radius 1 is 0.686 bits per heavy atom. The SMILES string of the molecule is N=C(N)c1ccc2nc(-c3ccc4nc(-c5cc(C(F)(F)F)cc(C(F)(F)F)c5)[nH]c4c3)[nH]c2c1. The molecular weight excluding hydrogens is 474 g/mol. The molecule has 0 radical (unpaired) electrons. The lowest BCUT2D eigenvalue weighted by molar-refractivity contribution is -0.143. The Morgan fingerprint density at radius 3 is 1.74 bits per heavy atom. The van der Waals surface area contributed by atoms with Crippen molar-refractivity contribution in [1.82, 2.24) is 19.9 Å². The molecule has 0 aliphatic heterocycles. The zero-order chi connectivity index (χ0) is 25.1. The second-order valence-electron chi connectivity index (χ2n) is 7.84. The first kappa shape index (κ1) is 22.4. The molecule has 0 atom stereocenters. The first-order valence-corrected chi connectivity index (χ1v) is 10.0. The third-order valence-electron chi connectivity index (χ3n) is 5.41. The zero-order valence-electron chi connectivity index (χ0n) is 17.4. The van der Waals surface area contributed by atoms with Crippen molar-refractivity contribution >= 4 is 27.9 Å². The minimum absolute atomic E-state index is 0.0728. The molecule has 0 unspecified atom stereocenters. The monoisotopic (exact) mass is 488 g/mol. The summed E-state index contributed by atoms with van der Waals surface area (Å²) in [6, 6.07) is 11.2. The molecule has 0 fully saturated rings. The Bertz CT molecular complexity index is 1580. The van der Waals surface area contributed by atoms with Crippen LogP contribution in [-0.2, 0) is 12.4 Å². The van der Waals surface area contributed by atoms with Crippen LogP contribution in [0.2, 0.25) is 0 Å². The minimum atomic E-state index is -4.96. The maximum Gasteiger partial charge on any atom is 0.416 e. The Kier molecular flexibility index (Phi) is 4.86. The zero-order valence-corrected chi connectivity index (χ0v) is 17.4. The van der Waals surface area contributed by atoms with E-state index in [-0.39, 0.29) is 23.3 Å². The lowest BCUT2D eigenvalue weighted by Gasteiger charge is -2.13. The van der Waals surface area contributed by atoms with E-state index in [4.69, 9.17) is 11.1 Å². The molecule has 12 heteroatoms. The minimum Gasteiger partial charge on any atom is -0.384 e. The number of nitrogens with two attached hydrogens (primary N) is 1. The summed E-state index contributed by atoms with van der Waals surface area (Å²) in [5.74, 6) is 0.236. The van der Waals surface area contributed by atoms with Crippen LogP contribution < -0.4 is 5.73 Å². The number of H-pyrrole nitrogens is 2. The first-order chi connectivity index (χ1) is 16.4. The van der Waals surface area contributed by atoms with Gasteiger partial charge in [0.05, 0.1) is 33.2 Å². The molecule has 5 rings (SSSR count). The Balaban J connectivity index is 1.58. The van der Waals surface area contributed by atoms with Crippen LogP contribution in [0.4, 0.5) is 26.3 Å². The molecule has 178 valence electrons. The van der Waals surface area contributed by atoms with Gasteiger partial charge in [-0.25, -0.2) is 9.97 Å². The maximum atomic E-state index is 13.2. The number of imidazole rings is 2. The number of alkyl halides is 6. The summed E-state index contributed by atoms with van der Waals surface area (Å²) < 4.78 is 79.4. The number of hydrogen-bond donors (Lipinski definition) is 4. The molecule has 0 amide bonds. The Morgan fingerprint density at radius 2 is 1.20 bits per heavy atom. The van der Waals surface area contributed by atoms with Crippen molar-refractivity contribution in [3.63, 3.8) is 0 Å². The number of aromatic amines is 2. The lowest BCUT2D eigenvalue weighted by atomic mass is 10.0. The van der Waals surface area contributed by atoms with Crippen molar-refractivity contribution in [1.29, 1.82) is 5.41 Å². The van der Waals surface area contributed by atoms with Gasteiger partial charge in [0.25, 0.3) is 0 Å². The Labute approximate surface area is 192 Å². The maximum absolute atomic E-state index is 13.2. The molecule has 0 spiro atoms. The summed E-state index contributed by atoms with van der Waals surface area (Å²) in [7, 11) is 0. The van der Waals surface area contributed by atoms with Gasteiger partial charge in [0.2, 0.25) is 0 Å². The molecule has 0 bridgehead atoms. The van der Waals surface area contributed by atoms with Gasteiger partial charge in [0, 0.05) is 16.7 Å². The van der Waals surface area contributed by atoms with E-state index in [1.165, 1.54) is 0 Å². The predicted molar refractivity (Wildman–Crippen MR) is 118 cm³/mol. The molecule has 5 aromatic rings. The number of benzene rings is 3. The highest BCUT2D eigenvalue weighted by Crippen LogP contribution is 2.38. The van der Waals surface area contributed by atoms with E-state index >= 15 is 0 Å². The standard InChI is InChI=1S/C23H14F6N6/c24-22(25,26)13-5-12(6-14(9-13)23(27,28)29)21-33-16-4-2-11(8-18(16)35-21)20-32-15-3-1-10(19(30)31)7-17(15)34-20/h1-9H,(H3,30,31)(H,32,34)(H,33,35). The predicted octanol–water partition coefficient (Wildman–Crippen LogP) is 6.09. The van der Waals surface area contributed by atoms with E-state index in [9.17, 15) is 26.3 Å². The van der Waals surface area contributed by atoms with Crippen molar-refractivity contribution in [3.05, 3.63) is 71.3 Å². The van der Waals surface area contributed by atoms with Gasteiger partial charge >= 0.3 is 12.4 Å². The van der Waals surface area contributed by atoms with E-state index in [1.807, 2.05) is 0 Å². The smallest absolute Gasteiger partial charge is 0.384 e. The van der Waals surface area contributed by atoms with Crippen LogP contribution in [0, 0.1) is 5.41 Å². The second kappa shape index (κ2) is 7.58. The largest absolute Gasteiger partial charge is 0.416 e. The van der Waals surface area contributed by atoms with Crippen LogP contribution in [0.25, 0.3) is 44.8 Å². The van der Waals surface area contributed by atoms with Crippen molar-refractivity contribution in [3.8, 4) is 22.8 Å². The molecule has 0 saturated heterocycles. The molecule has 6 nitrogen and oxygen atoms in total. The number of rotatable bonds is 3. The second-order valence-corrected chi connectivity index (χ2v) is 7.84. The summed E-state index contributed by atoms with van der Waals surface area (Å²) in [5, 5.41) is 7.55. The average Bonchev–Trinajstić information content (AvgIpc) is 3.40. The van der Waals surface area contributed by atoms with E-state index in [0.717, 1.165) is 0 Å². The van der Waals surface area contributed by atoms with Gasteiger partial charge in [-0.15, -0.1) is 0 Å². The summed E-state index contributed by atoms with van der Waals surface area (Å²) >= 11 is 0. The molecule has 3 aromatic carbocycles. The van der Waals surface area contributed by atoms with E-state index < -0.39 is 23.5 Å². The van der Waals surface area contributed by atoms with Crippen molar-refractivity contribution < 1.29 is 26.3 Å². The van der Waals surface area contributed by atoms with Crippen molar-refractivity contribution in [2.75, 3.05) is 0 Å². The summed E-state index contributed by atoms with van der Waals surface area (Å²) in [5.41, 5.74) is 5.46. The van der Waals surface area contributed by atoms with Crippen LogP contribution in [-0.4, -0.2) is 25.8 Å². The first-order valence-electron chi connectivity index (χ1n) is 10.0. The van der Waals surface area contributed by atoms with Crippen LogP contribution in [0.3, 0.4) is 0 Å². The summed E-state index contributed by atoms with van der Waals surface area (Å²) in [6.45, 7) is 0. The van der Waals surface area contributed by atoms with E-state index in [1.54, 1.807) is 36.4 Å². The Hall–Kier alpha value is -4.35. The summed E-state index contributed by atoms with van der Waals surface area (Å²) in [4.78, 5) is 14.6. The van der Waals surface area contributed by atoms with Gasteiger partial charge in [-0.05, 0) is 54.6 Å². The van der Waals surface area contributed by atoms with Gasteiger partial charge < -0.3 is 15.7 Å². The number of nitrogens with zero attached hydrogens (tertiary/aromatic N) is 2. The van der Waals surface area contributed by atoms with Crippen LogP contribution in [0.15, 0.2) is 54.6 Å². The summed E-state index contributed by atoms with van der Waals surface area (Å²) in [6.07, 6.45) is -9.92. The van der Waals surface area contributed by atoms with Crippen LogP contribution in [0.5, 0.6) is 0 Å². The fraction of sp³-hybridized carbons (Fsp3) is 0.0870.